The van der Waals surface area contributed by atoms with Crippen molar-refractivity contribution < 1.29 is 8.78 Å². The Bertz CT molecular complexity index is 586. The maximum atomic E-state index is 13.8. The molecule has 2 rings (SSSR count). The Labute approximate surface area is 122 Å². The SMILES string of the molecule is Cc1csc(CC(N)Cc2c(F)ccc(Br)c2F)n1. The first-order valence-corrected chi connectivity index (χ1v) is 7.43. The van der Waals surface area contributed by atoms with Crippen molar-refractivity contribution in [1.82, 2.24) is 4.98 Å². The molecule has 1 heterocycles. The molecule has 0 spiro atoms. The lowest BCUT2D eigenvalue weighted by Crippen LogP contribution is -2.26. The molecule has 0 fully saturated rings. The molecule has 0 aliphatic rings. The van der Waals surface area contributed by atoms with Gasteiger partial charge in [-0.1, -0.05) is 0 Å². The Kier molecular flexibility index (Phi) is 4.65. The van der Waals surface area contributed by atoms with Gasteiger partial charge in [-0.25, -0.2) is 13.8 Å². The molecule has 2 aromatic rings. The summed E-state index contributed by atoms with van der Waals surface area (Å²) < 4.78 is 27.7. The average molecular weight is 347 g/mol. The minimum atomic E-state index is -0.578. The molecule has 102 valence electrons. The summed E-state index contributed by atoms with van der Waals surface area (Å²) in [6.45, 7) is 1.90. The number of thiazole rings is 1. The van der Waals surface area contributed by atoms with Crippen molar-refractivity contribution in [3.63, 3.8) is 0 Å². The Morgan fingerprint density at radius 3 is 2.74 bits per heavy atom. The predicted octanol–water partition coefficient (Wildman–Crippen LogP) is 3.60. The zero-order chi connectivity index (χ0) is 14.0. The van der Waals surface area contributed by atoms with Crippen LogP contribution in [0.3, 0.4) is 0 Å². The minimum Gasteiger partial charge on any atom is -0.327 e. The Morgan fingerprint density at radius 2 is 2.11 bits per heavy atom. The van der Waals surface area contributed by atoms with Crippen LogP contribution in [0.5, 0.6) is 0 Å². The molecule has 0 radical (unpaired) electrons. The smallest absolute Gasteiger partial charge is 0.143 e. The van der Waals surface area contributed by atoms with Gasteiger partial charge in [0.25, 0.3) is 0 Å². The first-order valence-electron chi connectivity index (χ1n) is 5.76. The Morgan fingerprint density at radius 1 is 1.37 bits per heavy atom. The molecular weight excluding hydrogens is 334 g/mol. The summed E-state index contributed by atoms with van der Waals surface area (Å²) >= 11 is 4.56. The van der Waals surface area contributed by atoms with E-state index in [4.69, 9.17) is 5.73 Å². The minimum absolute atomic E-state index is 0.0233. The van der Waals surface area contributed by atoms with Crippen molar-refractivity contribution in [2.75, 3.05) is 0 Å². The molecule has 0 bridgehead atoms. The van der Waals surface area contributed by atoms with E-state index >= 15 is 0 Å². The van der Waals surface area contributed by atoms with E-state index in [1.807, 2.05) is 12.3 Å². The lowest BCUT2D eigenvalue weighted by Gasteiger charge is -2.12. The van der Waals surface area contributed by atoms with Crippen molar-refractivity contribution in [3.05, 3.63) is 49.9 Å². The van der Waals surface area contributed by atoms with Crippen LogP contribution in [-0.4, -0.2) is 11.0 Å². The van der Waals surface area contributed by atoms with Crippen molar-refractivity contribution in [2.45, 2.75) is 25.8 Å². The first-order chi connectivity index (χ1) is 8.97. The van der Waals surface area contributed by atoms with Gasteiger partial charge in [0.05, 0.1) is 9.48 Å². The third kappa shape index (κ3) is 3.58. The summed E-state index contributed by atoms with van der Waals surface area (Å²) in [6, 6.07) is 2.23. The third-order valence-corrected chi connectivity index (χ3v) is 4.31. The molecule has 1 aromatic carbocycles. The number of aromatic nitrogens is 1. The predicted molar refractivity (Wildman–Crippen MR) is 76.3 cm³/mol. The zero-order valence-electron chi connectivity index (χ0n) is 10.3. The fourth-order valence-corrected chi connectivity index (χ4v) is 3.05. The Balaban J connectivity index is 2.11. The van der Waals surface area contributed by atoms with E-state index in [-0.39, 0.29) is 22.5 Å². The fraction of sp³-hybridized carbons (Fsp3) is 0.308. The molecule has 1 aromatic heterocycles. The van der Waals surface area contributed by atoms with E-state index in [1.54, 1.807) is 0 Å². The van der Waals surface area contributed by atoms with Gasteiger partial charge in [0.15, 0.2) is 0 Å². The number of hydrogen-bond donors (Lipinski definition) is 1. The first kappa shape index (κ1) is 14.6. The quantitative estimate of drug-likeness (QED) is 0.859. The second-order valence-corrected chi connectivity index (χ2v) is 6.17. The highest BCUT2D eigenvalue weighted by Crippen LogP contribution is 2.23. The summed E-state index contributed by atoms with van der Waals surface area (Å²) in [5, 5.41) is 2.82. The van der Waals surface area contributed by atoms with E-state index in [0.29, 0.717) is 6.42 Å². The molecule has 2 N–H and O–H groups in total. The van der Waals surface area contributed by atoms with Gasteiger partial charge >= 0.3 is 0 Å². The molecule has 0 aliphatic heterocycles. The standard InChI is InChI=1S/C13H13BrF2N2S/c1-7-6-19-12(18-7)5-8(17)4-9-11(15)3-2-10(14)13(9)16/h2-3,6,8H,4-5,17H2,1H3. The van der Waals surface area contributed by atoms with Gasteiger partial charge in [-0.15, -0.1) is 11.3 Å². The lowest BCUT2D eigenvalue weighted by molar-refractivity contribution is 0.530. The van der Waals surface area contributed by atoms with Gasteiger partial charge in [0.1, 0.15) is 11.6 Å². The second-order valence-electron chi connectivity index (χ2n) is 4.37. The van der Waals surface area contributed by atoms with Gasteiger partial charge in [0.2, 0.25) is 0 Å². The molecule has 0 amide bonds. The van der Waals surface area contributed by atoms with Crippen LogP contribution in [0.25, 0.3) is 0 Å². The summed E-state index contributed by atoms with van der Waals surface area (Å²) in [5.74, 6) is -1.14. The van der Waals surface area contributed by atoms with Gasteiger partial charge < -0.3 is 5.73 Å². The van der Waals surface area contributed by atoms with Crippen molar-refractivity contribution in [2.24, 2.45) is 5.73 Å². The average Bonchev–Trinajstić information content (AvgIpc) is 2.75. The topological polar surface area (TPSA) is 38.9 Å². The monoisotopic (exact) mass is 346 g/mol. The molecule has 0 saturated carbocycles. The van der Waals surface area contributed by atoms with E-state index in [1.165, 1.54) is 23.5 Å². The summed E-state index contributed by atoms with van der Waals surface area (Å²) in [6.07, 6.45) is 0.666. The number of halogens is 3. The van der Waals surface area contributed by atoms with Crippen LogP contribution in [0.1, 0.15) is 16.3 Å². The van der Waals surface area contributed by atoms with Gasteiger partial charge in [0, 0.05) is 29.1 Å². The normalized spacial score (nSPS) is 12.7. The zero-order valence-corrected chi connectivity index (χ0v) is 12.7. The van der Waals surface area contributed by atoms with Gasteiger partial charge in [-0.3, -0.25) is 0 Å². The van der Waals surface area contributed by atoms with Crippen LogP contribution in [0.15, 0.2) is 22.0 Å². The molecule has 2 nitrogen and oxygen atoms in total. The second kappa shape index (κ2) is 6.07. The fourth-order valence-electron chi connectivity index (χ4n) is 1.81. The van der Waals surface area contributed by atoms with Crippen LogP contribution in [-0.2, 0) is 12.8 Å². The van der Waals surface area contributed by atoms with Crippen molar-refractivity contribution in [1.29, 1.82) is 0 Å². The highest BCUT2D eigenvalue weighted by molar-refractivity contribution is 9.10. The highest BCUT2D eigenvalue weighted by Gasteiger charge is 2.16. The maximum Gasteiger partial charge on any atom is 0.143 e. The van der Waals surface area contributed by atoms with E-state index < -0.39 is 11.6 Å². The number of rotatable bonds is 4. The highest BCUT2D eigenvalue weighted by atomic mass is 79.9. The summed E-state index contributed by atoms with van der Waals surface area (Å²) in [4.78, 5) is 4.30. The largest absolute Gasteiger partial charge is 0.327 e. The number of nitrogens with two attached hydrogens (primary N) is 1. The number of benzene rings is 1. The lowest BCUT2D eigenvalue weighted by atomic mass is 10.0. The van der Waals surface area contributed by atoms with Crippen LogP contribution in [0, 0.1) is 18.6 Å². The van der Waals surface area contributed by atoms with Crippen molar-refractivity contribution in [3.8, 4) is 0 Å². The molecule has 0 saturated heterocycles. The molecule has 6 heteroatoms. The summed E-state index contributed by atoms with van der Waals surface area (Å²) in [5.41, 5.74) is 6.91. The number of nitrogens with zero attached hydrogens (tertiary/aromatic N) is 1. The van der Waals surface area contributed by atoms with Gasteiger partial charge in [-0.05, 0) is 41.4 Å². The number of aryl methyl sites for hydroxylation is 1. The van der Waals surface area contributed by atoms with Crippen LogP contribution < -0.4 is 5.73 Å². The summed E-state index contributed by atoms with van der Waals surface area (Å²) in [7, 11) is 0. The van der Waals surface area contributed by atoms with E-state index in [0.717, 1.165) is 10.7 Å². The van der Waals surface area contributed by atoms with Crippen molar-refractivity contribution >= 4 is 27.3 Å². The van der Waals surface area contributed by atoms with E-state index in [2.05, 4.69) is 20.9 Å². The molecule has 1 unspecified atom stereocenters. The maximum absolute atomic E-state index is 13.8. The van der Waals surface area contributed by atoms with E-state index in [9.17, 15) is 8.78 Å². The third-order valence-electron chi connectivity index (χ3n) is 2.71. The van der Waals surface area contributed by atoms with Crippen LogP contribution in [0.4, 0.5) is 8.78 Å². The van der Waals surface area contributed by atoms with Crippen LogP contribution >= 0.6 is 27.3 Å². The van der Waals surface area contributed by atoms with Gasteiger partial charge in [-0.2, -0.15) is 0 Å². The molecule has 19 heavy (non-hydrogen) atoms. The van der Waals surface area contributed by atoms with Crippen LogP contribution in [0.2, 0.25) is 0 Å². The molecule has 0 aliphatic carbocycles. The molecule has 1 atom stereocenters. The molecular formula is C13H13BrF2N2S. The Hall–Kier alpha value is -0.850. The number of hydrogen-bond acceptors (Lipinski definition) is 3.